The van der Waals surface area contributed by atoms with Crippen LogP contribution >= 0.6 is 11.3 Å². The van der Waals surface area contributed by atoms with Gasteiger partial charge in [0, 0.05) is 19.1 Å². The van der Waals surface area contributed by atoms with Crippen LogP contribution in [-0.2, 0) is 6.54 Å². The molecule has 0 bridgehead atoms. The van der Waals surface area contributed by atoms with Crippen LogP contribution in [0.25, 0.3) is 10.2 Å². The molecule has 1 saturated carbocycles. The van der Waals surface area contributed by atoms with Crippen molar-refractivity contribution in [2.75, 3.05) is 25.0 Å². The maximum atomic E-state index is 9.27. The molecule has 114 valence electrons. The van der Waals surface area contributed by atoms with Crippen molar-refractivity contribution in [2.45, 2.75) is 38.8 Å². The maximum Gasteiger partial charge on any atom is 0.146 e. The third-order valence-corrected chi connectivity index (χ3v) is 4.85. The van der Waals surface area contributed by atoms with Gasteiger partial charge < -0.3 is 10.4 Å². The molecule has 21 heavy (non-hydrogen) atoms. The zero-order valence-corrected chi connectivity index (χ0v) is 13.2. The molecular formula is C15H22N4OS. The van der Waals surface area contributed by atoms with Gasteiger partial charge in [-0.3, -0.25) is 4.90 Å². The van der Waals surface area contributed by atoms with E-state index in [1.807, 2.05) is 0 Å². The van der Waals surface area contributed by atoms with Crippen LogP contribution in [0.5, 0.6) is 0 Å². The van der Waals surface area contributed by atoms with E-state index >= 15 is 0 Å². The summed E-state index contributed by atoms with van der Waals surface area (Å²) in [4.78, 5) is 12.7. The van der Waals surface area contributed by atoms with Gasteiger partial charge in [0.05, 0.1) is 18.5 Å². The molecule has 1 fully saturated rings. The molecule has 2 aromatic heterocycles. The van der Waals surface area contributed by atoms with Crippen molar-refractivity contribution >= 4 is 27.4 Å². The Balaban J connectivity index is 1.84. The van der Waals surface area contributed by atoms with E-state index in [9.17, 15) is 5.11 Å². The van der Waals surface area contributed by atoms with Gasteiger partial charge in [-0.2, -0.15) is 0 Å². The molecule has 0 radical (unpaired) electrons. The van der Waals surface area contributed by atoms with Gasteiger partial charge in [0.1, 0.15) is 16.5 Å². The number of aromatic nitrogens is 2. The van der Waals surface area contributed by atoms with Crippen molar-refractivity contribution in [3.05, 3.63) is 17.3 Å². The van der Waals surface area contributed by atoms with E-state index in [2.05, 4.69) is 38.6 Å². The zero-order valence-electron chi connectivity index (χ0n) is 12.4. The molecule has 2 heterocycles. The van der Waals surface area contributed by atoms with E-state index in [0.717, 1.165) is 34.9 Å². The number of hydrogen-bond donors (Lipinski definition) is 2. The Labute approximate surface area is 129 Å². The third kappa shape index (κ3) is 3.17. The van der Waals surface area contributed by atoms with E-state index in [4.69, 9.17) is 0 Å². The van der Waals surface area contributed by atoms with Crippen molar-refractivity contribution in [2.24, 2.45) is 0 Å². The summed E-state index contributed by atoms with van der Waals surface area (Å²) in [5.41, 5.74) is 0. The summed E-state index contributed by atoms with van der Waals surface area (Å²) in [6, 6.07) is 2.65. The number of aliphatic hydroxyl groups is 1. The van der Waals surface area contributed by atoms with E-state index in [-0.39, 0.29) is 6.61 Å². The highest BCUT2D eigenvalue weighted by atomic mass is 32.1. The largest absolute Gasteiger partial charge is 0.395 e. The molecule has 0 aromatic carbocycles. The molecule has 0 saturated heterocycles. The van der Waals surface area contributed by atoms with Gasteiger partial charge in [-0.1, -0.05) is 6.42 Å². The normalized spacial score (nSPS) is 15.6. The van der Waals surface area contributed by atoms with Crippen LogP contribution in [0.3, 0.4) is 0 Å². The fourth-order valence-electron chi connectivity index (χ4n) is 2.73. The molecule has 0 unspecified atom stereocenters. The van der Waals surface area contributed by atoms with Crippen LogP contribution in [0.1, 0.15) is 32.0 Å². The molecule has 1 aliphatic carbocycles. The van der Waals surface area contributed by atoms with Gasteiger partial charge in [0.15, 0.2) is 0 Å². The third-order valence-electron chi connectivity index (χ3n) is 4.04. The monoisotopic (exact) mass is 306 g/mol. The van der Waals surface area contributed by atoms with E-state index in [1.165, 1.54) is 19.3 Å². The van der Waals surface area contributed by atoms with Crippen molar-refractivity contribution < 1.29 is 5.11 Å². The quantitative estimate of drug-likeness (QED) is 0.823. The fourth-order valence-corrected chi connectivity index (χ4v) is 3.51. The summed E-state index contributed by atoms with van der Waals surface area (Å²) in [6.07, 6.45) is 3.74. The van der Waals surface area contributed by atoms with E-state index < -0.39 is 0 Å². The number of aliphatic hydroxyl groups excluding tert-OH is 1. The standard InChI is InChI=1S/C15H22N4OS/c1-2-16-14-12-6-9-21-15(12)18-13(17-14)10-19(7-8-20)11-4-3-5-11/h6,9,11,20H,2-5,7-8,10H2,1H3,(H,16,17,18). The van der Waals surface area contributed by atoms with Crippen LogP contribution < -0.4 is 5.32 Å². The lowest BCUT2D eigenvalue weighted by molar-refractivity contribution is 0.0922. The van der Waals surface area contributed by atoms with Gasteiger partial charge in [-0.25, -0.2) is 9.97 Å². The molecule has 2 N–H and O–H groups in total. The minimum atomic E-state index is 0.192. The molecule has 0 atom stereocenters. The average molecular weight is 306 g/mol. The highest BCUT2D eigenvalue weighted by Crippen LogP contribution is 2.28. The molecule has 6 heteroatoms. The van der Waals surface area contributed by atoms with Gasteiger partial charge >= 0.3 is 0 Å². The molecule has 3 rings (SSSR count). The van der Waals surface area contributed by atoms with Crippen molar-refractivity contribution in [1.29, 1.82) is 0 Å². The van der Waals surface area contributed by atoms with Gasteiger partial charge in [0.2, 0.25) is 0 Å². The zero-order chi connectivity index (χ0) is 14.7. The molecular weight excluding hydrogens is 284 g/mol. The number of fused-ring (bicyclic) bond motifs is 1. The first-order valence-electron chi connectivity index (χ1n) is 7.64. The predicted molar refractivity (Wildman–Crippen MR) is 86.7 cm³/mol. The fraction of sp³-hybridized carbons (Fsp3) is 0.600. The number of hydrogen-bond acceptors (Lipinski definition) is 6. The summed E-state index contributed by atoms with van der Waals surface area (Å²) >= 11 is 1.65. The Morgan fingerprint density at radius 3 is 2.95 bits per heavy atom. The maximum absolute atomic E-state index is 9.27. The highest BCUT2D eigenvalue weighted by molar-refractivity contribution is 7.16. The van der Waals surface area contributed by atoms with Crippen molar-refractivity contribution in [3.8, 4) is 0 Å². The van der Waals surface area contributed by atoms with Crippen LogP contribution in [0, 0.1) is 0 Å². The molecule has 0 spiro atoms. The van der Waals surface area contributed by atoms with Crippen LogP contribution in [0.2, 0.25) is 0 Å². The Kier molecular flexibility index (Phi) is 4.67. The summed E-state index contributed by atoms with van der Waals surface area (Å²) < 4.78 is 0. The van der Waals surface area contributed by atoms with Crippen molar-refractivity contribution in [1.82, 2.24) is 14.9 Å². The van der Waals surface area contributed by atoms with E-state index in [0.29, 0.717) is 12.6 Å². The topological polar surface area (TPSA) is 61.3 Å². The Morgan fingerprint density at radius 1 is 1.43 bits per heavy atom. The lowest BCUT2D eigenvalue weighted by atomic mass is 9.91. The first kappa shape index (κ1) is 14.7. The van der Waals surface area contributed by atoms with E-state index in [1.54, 1.807) is 11.3 Å². The first-order chi connectivity index (χ1) is 10.3. The SMILES string of the molecule is CCNc1nc(CN(CCO)C2CCC2)nc2sccc12. The highest BCUT2D eigenvalue weighted by Gasteiger charge is 2.25. The molecule has 5 nitrogen and oxygen atoms in total. The van der Waals surface area contributed by atoms with Crippen LogP contribution in [0.15, 0.2) is 11.4 Å². The van der Waals surface area contributed by atoms with Gasteiger partial charge in [0.25, 0.3) is 0 Å². The molecule has 0 amide bonds. The minimum absolute atomic E-state index is 0.192. The lowest BCUT2D eigenvalue weighted by Gasteiger charge is -2.36. The van der Waals surface area contributed by atoms with Gasteiger partial charge in [-0.05, 0) is 31.2 Å². The summed E-state index contributed by atoms with van der Waals surface area (Å²) in [6.45, 7) is 4.54. The number of thiophene rings is 1. The lowest BCUT2D eigenvalue weighted by Crippen LogP contribution is -2.41. The first-order valence-corrected chi connectivity index (χ1v) is 8.52. The van der Waals surface area contributed by atoms with Crippen molar-refractivity contribution in [3.63, 3.8) is 0 Å². The Hall–Kier alpha value is -1.24. The second kappa shape index (κ2) is 6.68. The van der Waals surface area contributed by atoms with Gasteiger partial charge in [-0.15, -0.1) is 11.3 Å². The number of anilines is 1. The number of rotatable bonds is 7. The average Bonchev–Trinajstić information content (AvgIpc) is 2.85. The molecule has 2 aromatic rings. The summed E-state index contributed by atoms with van der Waals surface area (Å²) in [5, 5.41) is 15.8. The second-order valence-corrected chi connectivity index (χ2v) is 6.33. The molecule has 0 aliphatic heterocycles. The van der Waals surface area contributed by atoms with Crippen LogP contribution in [0.4, 0.5) is 5.82 Å². The summed E-state index contributed by atoms with van der Waals surface area (Å²) in [5.74, 6) is 1.78. The molecule has 1 aliphatic rings. The summed E-state index contributed by atoms with van der Waals surface area (Å²) in [7, 11) is 0. The number of nitrogens with one attached hydrogen (secondary N) is 1. The Morgan fingerprint density at radius 2 is 2.29 bits per heavy atom. The smallest absolute Gasteiger partial charge is 0.146 e. The number of nitrogens with zero attached hydrogens (tertiary/aromatic N) is 3. The minimum Gasteiger partial charge on any atom is -0.395 e. The Bertz CT molecular complexity index is 596. The predicted octanol–water partition coefficient (Wildman–Crippen LogP) is 2.47. The van der Waals surface area contributed by atoms with Crippen LogP contribution in [-0.4, -0.2) is 45.7 Å². The second-order valence-electron chi connectivity index (χ2n) is 5.44.